The molecule has 1 aromatic carbocycles. The number of nitrogens with zero attached hydrogens (tertiary/aromatic N) is 1. The van der Waals surface area contributed by atoms with Crippen molar-refractivity contribution in [2.45, 2.75) is 57.8 Å². The number of amides is 1. The summed E-state index contributed by atoms with van der Waals surface area (Å²) in [6.07, 6.45) is -2.74. The highest BCUT2D eigenvalue weighted by Crippen LogP contribution is 2.30. The lowest BCUT2D eigenvalue weighted by molar-refractivity contribution is -0.153. The Morgan fingerprint density at radius 3 is 2.63 bits per heavy atom. The topological polar surface area (TPSA) is 138 Å². The van der Waals surface area contributed by atoms with Gasteiger partial charge in [-0.25, -0.2) is 9.59 Å². The SMILES string of the molecule is CC(C)(C)OC(=O)NCC(=O)O[C@H]1C[C@H](n2cc(F)c(=O)[nH]c2=O)O[C@@H]1COCc1ccccc1. The molecular formula is C23H28FN3O8. The van der Waals surface area contributed by atoms with Crippen molar-refractivity contribution in [1.29, 1.82) is 0 Å². The fourth-order valence-electron chi connectivity index (χ4n) is 3.36. The lowest BCUT2D eigenvalue weighted by Gasteiger charge is -2.21. The van der Waals surface area contributed by atoms with Crippen molar-refractivity contribution in [2.75, 3.05) is 13.2 Å². The zero-order chi connectivity index (χ0) is 25.6. The van der Waals surface area contributed by atoms with E-state index in [1.165, 1.54) is 0 Å². The standard InChI is InChI=1S/C23H28FN3O8/c1-23(2,3)35-22(31)25-10-19(28)34-16-9-18(27-11-15(24)20(29)26-21(27)30)33-17(16)13-32-12-14-7-5-4-6-8-14/h4-8,11,16-18H,9-10,12-13H2,1-3H3,(H,25,31)(H,26,29,30)/t16-,17+,18+/m0/s1. The molecule has 2 heterocycles. The van der Waals surface area contributed by atoms with Crippen LogP contribution >= 0.6 is 0 Å². The molecule has 0 bridgehead atoms. The fourth-order valence-corrected chi connectivity index (χ4v) is 3.36. The number of aromatic amines is 1. The molecule has 3 rings (SSSR count). The van der Waals surface area contributed by atoms with Crippen LogP contribution in [0.4, 0.5) is 9.18 Å². The van der Waals surface area contributed by atoms with Crippen LogP contribution in [-0.4, -0.2) is 52.6 Å². The van der Waals surface area contributed by atoms with Crippen molar-refractivity contribution < 1.29 is 32.9 Å². The highest BCUT2D eigenvalue weighted by molar-refractivity contribution is 5.78. The molecule has 3 atom stereocenters. The van der Waals surface area contributed by atoms with Gasteiger partial charge in [0.2, 0.25) is 5.82 Å². The van der Waals surface area contributed by atoms with Gasteiger partial charge in [-0.05, 0) is 26.3 Å². The van der Waals surface area contributed by atoms with Crippen LogP contribution < -0.4 is 16.6 Å². The molecule has 1 amide bonds. The highest BCUT2D eigenvalue weighted by atomic mass is 19.1. The van der Waals surface area contributed by atoms with Gasteiger partial charge in [-0.15, -0.1) is 0 Å². The number of rotatable bonds is 8. The maximum Gasteiger partial charge on any atom is 0.408 e. The van der Waals surface area contributed by atoms with Crippen LogP contribution in [0, 0.1) is 5.82 Å². The first kappa shape index (κ1) is 26.1. The molecule has 2 N–H and O–H groups in total. The van der Waals surface area contributed by atoms with Gasteiger partial charge in [-0.3, -0.25) is 19.1 Å². The minimum Gasteiger partial charge on any atom is -0.458 e. The quantitative estimate of drug-likeness (QED) is 0.529. The van der Waals surface area contributed by atoms with Crippen LogP contribution in [0.3, 0.4) is 0 Å². The third kappa shape index (κ3) is 7.76. The monoisotopic (exact) mass is 493 g/mol. The van der Waals surface area contributed by atoms with Gasteiger partial charge in [0.15, 0.2) is 0 Å². The summed E-state index contributed by atoms with van der Waals surface area (Å²) in [5.74, 6) is -1.93. The molecule has 190 valence electrons. The molecule has 0 saturated carbocycles. The minimum atomic E-state index is -1.16. The van der Waals surface area contributed by atoms with Gasteiger partial charge in [0, 0.05) is 6.42 Å². The maximum atomic E-state index is 13.8. The van der Waals surface area contributed by atoms with Crippen LogP contribution in [0.25, 0.3) is 0 Å². The Balaban J connectivity index is 1.66. The second-order valence-electron chi connectivity index (χ2n) is 8.89. The summed E-state index contributed by atoms with van der Waals surface area (Å²) in [6, 6.07) is 9.35. The number of benzene rings is 1. The summed E-state index contributed by atoms with van der Waals surface area (Å²) in [4.78, 5) is 49.5. The maximum absolute atomic E-state index is 13.8. The number of ether oxygens (including phenoxy) is 4. The van der Waals surface area contributed by atoms with Crippen molar-refractivity contribution in [3.63, 3.8) is 0 Å². The highest BCUT2D eigenvalue weighted by Gasteiger charge is 2.39. The minimum absolute atomic E-state index is 0.00339. The van der Waals surface area contributed by atoms with Crippen molar-refractivity contribution in [3.8, 4) is 0 Å². The Hall–Kier alpha value is -3.51. The first-order chi connectivity index (χ1) is 16.5. The molecule has 1 fully saturated rings. The number of hydrogen-bond donors (Lipinski definition) is 2. The third-order valence-electron chi connectivity index (χ3n) is 4.87. The smallest absolute Gasteiger partial charge is 0.408 e. The number of hydrogen-bond acceptors (Lipinski definition) is 8. The number of H-pyrrole nitrogens is 1. The lowest BCUT2D eigenvalue weighted by atomic mass is 10.2. The van der Waals surface area contributed by atoms with Gasteiger partial charge in [0.1, 0.15) is 30.6 Å². The summed E-state index contributed by atoms with van der Waals surface area (Å²) in [5.41, 5.74) is -1.84. The van der Waals surface area contributed by atoms with Gasteiger partial charge in [0.25, 0.3) is 5.56 Å². The van der Waals surface area contributed by atoms with E-state index in [2.05, 4.69) is 5.32 Å². The van der Waals surface area contributed by atoms with Gasteiger partial charge in [-0.2, -0.15) is 4.39 Å². The summed E-state index contributed by atoms with van der Waals surface area (Å²) >= 11 is 0. The van der Waals surface area contributed by atoms with Crippen molar-refractivity contribution >= 4 is 12.1 Å². The molecule has 0 aliphatic carbocycles. The molecule has 0 radical (unpaired) electrons. The molecular weight excluding hydrogens is 465 g/mol. The van der Waals surface area contributed by atoms with Crippen LogP contribution in [0.5, 0.6) is 0 Å². The van der Waals surface area contributed by atoms with Crippen molar-refractivity contribution in [3.05, 3.63) is 68.7 Å². The Morgan fingerprint density at radius 1 is 1.23 bits per heavy atom. The van der Waals surface area contributed by atoms with Crippen LogP contribution in [-0.2, 0) is 30.3 Å². The van der Waals surface area contributed by atoms with E-state index in [4.69, 9.17) is 18.9 Å². The first-order valence-corrected chi connectivity index (χ1v) is 11.0. The zero-order valence-corrected chi connectivity index (χ0v) is 19.6. The molecule has 0 unspecified atom stereocenters. The number of carbonyl (C=O) groups excluding carboxylic acids is 2. The summed E-state index contributed by atoms with van der Waals surface area (Å²) in [7, 11) is 0. The van der Waals surface area contributed by atoms with E-state index in [0.717, 1.165) is 16.3 Å². The molecule has 0 spiro atoms. The molecule has 1 aliphatic rings. The molecule has 1 aliphatic heterocycles. The summed E-state index contributed by atoms with van der Waals surface area (Å²) < 4.78 is 36.7. The number of carbonyl (C=O) groups is 2. The first-order valence-electron chi connectivity index (χ1n) is 11.0. The van der Waals surface area contributed by atoms with Gasteiger partial charge in [-0.1, -0.05) is 30.3 Å². The Kier molecular flexibility index (Phi) is 8.41. The largest absolute Gasteiger partial charge is 0.458 e. The van der Waals surface area contributed by atoms with E-state index in [-0.39, 0.29) is 19.6 Å². The van der Waals surface area contributed by atoms with E-state index in [1.54, 1.807) is 20.8 Å². The average molecular weight is 493 g/mol. The van der Waals surface area contributed by atoms with E-state index in [1.807, 2.05) is 35.3 Å². The fraction of sp³-hybridized carbons (Fsp3) is 0.478. The normalized spacial score (nSPS) is 19.8. The Labute approximate surface area is 200 Å². The van der Waals surface area contributed by atoms with Crippen LogP contribution in [0.15, 0.2) is 46.1 Å². The average Bonchev–Trinajstić information content (AvgIpc) is 3.16. The second-order valence-corrected chi connectivity index (χ2v) is 8.89. The van der Waals surface area contributed by atoms with Gasteiger partial charge < -0.3 is 24.3 Å². The number of aromatic nitrogens is 2. The second kappa shape index (κ2) is 11.3. The molecule has 2 aromatic rings. The van der Waals surface area contributed by atoms with Crippen molar-refractivity contribution in [2.24, 2.45) is 0 Å². The zero-order valence-electron chi connectivity index (χ0n) is 19.6. The number of nitrogens with one attached hydrogen (secondary N) is 2. The lowest BCUT2D eigenvalue weighted by Crippen LogP contribution is -2.38. The van der Waals surface area contributed by atoms with Crippen LogP contribution in [0.2, 0.25) is 0 Å². The predicted molar refractivity (Wildman–Crippen MR) is 120 cm³/mol. The van der Waals surface area contributed by atoms with E-state index >= 15 is 0 Å². The Bertz CT molecular complexity index is 1140. The number of esters is 1. The summed E-state index contributed by atoms with van der Waals surface area (Å²) in [6.45, 7) is 4.86. The van der Waals surface area contributed by atoms with E-state index in [9.17, 15) is 23.6 Å². The van der Waals surface area contributed by atoms with Gasteiger partial charge in [0.05, 0.1) is 19.4 Å². The molecule has 35 heavy (non-hydrogen) atoms. The van der Waals surface area contributed by atoms with Crippen LogP contribution in [0.1, 0.15) is 39.0 Å². The molecule has 1 aromatic heterocycles. The van der Waals surface area contributed by atoms with E-state index < -0.39 is 59.7 Å². The molecule has 11 nitrogen and oxygen atoms in total. The van der Waals surface area contributed by atoms with Gasteiger partial charge >= 0.3 is 17.8 Å². The molecule has 1 saturated heterocycles. The molecule has 12 heteroatoms. The Morgan fingerprint density at radius 2 is 1.94 bits per heavy atom. The summed E-state index contributed by atoms with van der Waals surface area (Å²) in [5, 5.41) is 2.31. The third-order valence-corrected chi connectivity index (χ3v) is 4.87. The number of halogens is 1. The predicted octanol–water partition coefficient (Wildman–Crippen LogP) is 1.62. The van der Waals surface area contributed by atoms with E-state index in [0.29, 0.717) is 0 Å². The van der Waals surface area contributed by atoms with Crippen molar-refractivity contribution in [1.82, 2.24) is 14.9 Å². The number of alkyl carbamates (subject to hydrolysis) is 1.